The number of carbonyl (C=O) groups excluding carboxylic acids is 1. The van der Waals surface area contributed by atoms with Gasteiger partial charge in [-0.05, 0) is 43.3 Å². The summed E-state index contributed by atoms with van der Waals surface area (Å²) in [5.41, 5.74) is -0.776. The van der Waals surface area contributed by atoms with E-state index in [9.17, 15) is 27.6 Å². The number of rotatable bonds is 6. The van der Waals surface area contributed by atoms with E-state index in [2.05, 4.69) is 25.6 Å². The summed E-state index contributed by atoms with van der Waals surface area (Å²) >= 11 is 0. The molecule has 0 aliphatic carbocycles. The quantitative estimate of drug-likeness (QED) is 0.374. The first kappa shape index (κ1) is 26.6. The molecular formula is C26H23F3N8O3. The summed E-state index contributed by atoms with van der Waals surface area (Å²) in [5.74, 6) is -0.0362. The molecule has 0 radical (unpaired) electrons. The second-order valence-corrected chi connectivity index (χ2v) is 9.06. The molecule has 0 bridgehead atoms. The number of hydrogen-bond donors (Lipinski definition) is 2. The lowest BCUT2D eigenvalue weighted by molar-refractivity contribution is -0.141. The monoisotopic (exact) mass is 552 g/mol. The zero-order valence-corrected chi connectivity index (χ0v) is 21.3. The highest BCUT2D eigenvalue weighted by Gasteiger charge is 2.34. The molecule has 5 rings (SSSR count). The Labute approximate surface area is 225 Å². The van der Waals surface area contributed by atoms with Gasteiger partial charge >= 0.3 is 11.9 Å². The molecule has 0 fully saturated rings. The van der Waals surface area contributed by atoms with Crippen LogP contribution in [0.25, 0.3) is 11.3 Å². The van der Waals surface area contributed by atoms with Gasteiger partial charge in [0.25, 0.3) is 5.56 Å². The van der Waals surface area contributed by atoms with E-state index in [0.717, 1.165) is 16.8 Å². The highest BCUT2D eigenvalue weighted by Crippen LogP contribution is 2.30. The number of nitrogens with zero attached hydrogens (tertiary/aromatic N) is 6. The maximum atomic E-state index is 13.4. The normalized spacial score (nSPS) is 13.5. The molecule has 14 heteroatoms. The van der Waals surface area contributed by atoms with Gasteiger partial charge in [0, 0.05) is 25.0 Å². The van der Waals surface area contributed by atoms with Gasteiger partial charge in [-0.2, -0.15) is 13.2 Å². The lowest BCUT2D eigenvalue weighted by atomic mass is 10.1. The van der Waals surface area contributed by atoms with Gasteiger partial charge in [-0.3, -0.25) is 28.7 Å². The first-order valence-electron chi connectivity index (χ1n) is 12.1. The fourth-order valence-corrected chi connectivity index (χ4v) is 4.33. The van der Waals surface area contributed by atoms with Crippen molar-refractivity contribution in [3.05, 3.63) is 93.2 Å². The largest absolute Gasteiger partial charge is 0.433 e. The van der Waals surface area contributed by atoms with Crippen molar-refractivity contribution in [2.45, 2.75) is 25.7 Å². The first-order valence-corrected chi connectivity index (χ1v) is 12.1. The Balaban J connectivity index is 1.38. The first-order chi connectivity index (χ1) is 19.0. The lowest BCUT2D eigenvalue weighted by Crippen LogP contribution is -2.46. The molecule has 206 valence electrons. The van der Waals surface area contributed by atoms with E-state index in [4.69, 9.17) is 0 Å². The minimum Gasteiger partial charge on any atom is -0.352 e. The SMILES string of the molecule is C[C@@H](C(=O)Nc1cccc(-c2ccc(C(F)(F)F)nc2)n1)N1CNc2c1c(=O)n(Cc1ccccn1)c(=O)n2C. The fraction of sp³-hybridized carbons (Fsp3) is 0.231. The second kappa shape index (κ2) is 10.3. The number of pyridine rings is 3. The van der Waals surface area contributed by atoms with Crippen molar-refractivity contribution < 1.29 is 18.0 Å². The Kier molecular flexibility index (Phi) is 6.83. The third-order valence-electron chi connectivity index (χ3n) is 6.47. The molecule has 0 saturated carbocycles. The van der Waals surface area contributed by atoms with E-state index in [0.29, 0.717) is 22.8 Å². The van der Waals surface area contributed by atoms with Gasteiger partial charge in [0.05, 0.1) is 24.6 Å². The van der Waals surface area contributed by atoms with E-state index in [1.54, 1.807) is 48.4 Å². The Hall–Kier alpha value is -5.01. The highest BCUT2D eigenvalue weighted by atomic mass is 19.4. The predicted octanol–water partition coefficient (Wildman–Crippen LogP) is 2.68. The van der Waals surface area contributed by atoms with Gasteiger partial charge < -0.3 is 15.5 Å². The Morgan fingerprint density at radius 2 is 1.90 bits per heavy atom. The number of aromatic nitrogens is 5. The van der Waals surface area contributed by atoms with Crippen LogP contribution in [-0.4, -0.2) is 42.7 Å². The van der Waals surface area contributed by atoms with Crippen LogP contribution < -0.4 is 26.8 Å². The summed E-state index contributed by atoms with van der Waals surface area (Å²) in [6.45, 7) is 1.66. The van der Waals surface area contributed by atoms with Crippen molar-refractivity contribution in [2.24, 2.45) is 7.05 Å². The maximum Gasteiger partial charge on any atom is 0.433 e. The average molecular weight is 553 g/mol. The van der Waals surface area contributed by atoms with Crippen LogP contribution in [0.1, 0.15) is 18.3 Å². The van der Waals surface area contributed by atoms with Crippen LogP contribution in [0, 0.1) is 0 Å². The van der Waals surface area contributed by atoms with E-state index in [1.807, 2.05) is 0 Å². The van der Waals surface area contributed by atoms with Gasteiger partial charge in [-0.1, -0.05) is 12.1 Å². The third kappa shape index (κ3) is 5.02. The van der Waals surface area contributed by atoms with E-state index in [-0.39, 0.29) is 24.7 Å². The van der Waals surface area contributed by atoms with Crippen LogP contribution in [0.3, 0.4) is 0 Å². The van der Waals surface area contributed by atoms with Crippen molar-refractivity contribution >= 4 is 23.2 Å². The number of nitrogens with one attached hydrogen (secondary N) is 2. The van der Waals surface area contributed by atoms with Crippen LogP contribution in [0.4, 0.5) is 30.5 Å². The zero-order valence-electron chi connectivity index (χ0n) is 21.3. The lowest BCUT2D eigenvalue weighted by Gasteiger charge is -2.25. The number of halogens is 3. The fourth-order valence-electron chi connectivity index (χ4n) is 4.33. The molecule has 0 aromatic carbocycles. The van der Waals surface area contributed by atoms with Crippen molar-refractivity contribution in [1.82, 2.24) is 24.1 Å². The summed E-state index contributed by atoms with van der Waals surface area (Å²) < 4.78 is 40.9. The number of fused-ring (bicyclic) bond motifs is 1. The molecule has 1 aliphatic rings. The smallest absolute Gasteiger partial charge is 0.352 e. The molecule has 4 aromatic rings. The molecule has 1 amide bonds. The summed E-state index contributed by atoms with van der Waals surface area (Å²) in [6, 6.07) is 11.1. The molecule has 5 heterocycles. The molecule has 4 aromatic heterocycles. The maximum absolute atomic E-state index is 13.4. The van der Waals surface area contributed by atoms with Crippen molar-refractivity contribution in [3.63, 3.8) is 0 Å². The van der Waals surface area contributed by atoms with E-state index >= 15 is 0 Å². The minimum absolute atomic E-state index is 0.0381. The number of amides is 1. The van der Waals surface area contributed by atoms with Gasteiger partial charge in [0.15, 0.2) is 0 Å². The van der Waals surface area contributed by atoms with Crippen LogP contribution in [-0.2, 0) is 24.6 Å². The van der Waals surface area contributed by atoms with Crippen molar-refractivity contribution in [2.75, 3.05) is 22.2 Å². The molecule has 40 heavy (non-hydrogen) atoms. The Morgan fingerprint density at radius 3 is 2.58 bits per heavy atom. The molecule has 0 unspecified atom stereocenters. The third-order valence-corrected chi connectivity index (χ3v) is 6.47. The van der Waals surface area contributed by atoms with Gasteiger partial charge in [0.1, 0.15) is 29.1 Å². The van der Waals surface area contributed by atoms with Crippen LogP contribution >= 0.6 is 0 Å². The molecule has 1 aliphatic heterocycles. The Bertz CT molecular complexity index is 1690. The van der Waals surface area contributed by atoms with Crippen molar-refractivity contribution in [3.8, 4) is 11.3 Å². The minimum atomic E-state index is -4.56. The van der Waals surface area contributed by atoms with Gasteiger partial charge in [-0.25, -0.2) is 9.78 Å². The van der Waals surface area contributed by atoms with Crippen LogP contribution in [0.2, 0.25) is 0 Å². The van der Waals surface area contributed by atoms with Gasteiger partial charge in [-0.15, -0.1) is 0 Å². The number of hydrogen-bond acceptors (Lipinski definition) is 8. The van der Waals surface area contributed by atoms with Crippen LogP contribution in [0.15, 0.2) is 70.5 Å². The average Bonchev–Trinajstić information content (AvgIpc) is 3.39. The number of carbonyl (C=O) groups is 1. The summed E-state index contributed by atoms with van der Waals surface area (Å²) in [4.78, 5) is 53.1. The second-order valence-electron chi connectivity index (χ2n) is 9.06. The van der Waals surface area contributed by atoms with Crippen LogP contribution in [0.5, 0.6) is 0 Å². The molecule has 0 spiro atoms. The molecule has 11 nitrogen and oxygen atoms in total. The molecule has 1 atom stereocenters. The van der Waals surface area contributed by atoms with E-state index < -0.39 is 35.1 Å². The molecule has 2 N–H and O–H groups in total. The number of anilines is 3. The standard InChI is InChI=1S/C26H23F3N8O3/c1-15(23(38)34-20-8-5-7-18(33-20)16-9-10-19(31-12-16)26(27,28)29)37-14-32-22-21(37)24(39)36(25(40)35(22)2)13-17-6-3-4-11-30-17/h3-12,15,32H,13-14H2,1-2H3,(H,33,34,38)/t15-/m0/s1. The number of alkyl halides is 3. The summed E-state index contributed by atoms with van der Waals surface area (Å²) in [6.07, 6.45) is -1.93. The van der Waals surface area contributed by atoms with Gasteiger partial charge in [0.2, 0.25) is 5.91 Å². The summed E-state index contributed by atoms with van der Waals surface area (Å²) in [7, 11) is 1.53. The zero-order chi connectivity index (χ0) is 28.6. The van der Waals surface area contributed by atoms with E-state index in [1.165, 1.54) is 23.7 Å². The summed E-state index contributed by atoms with van der Waals surface area (Å²) in [5, 5.41) is 5.70. The molecular weight excluding hydrogens is 529 g/mol. The topological polar surface area (TPSA) is 127 Å². The Morgan fingerprint density at radius 1 is 1.10 bits per heavy atom. The predicted molar refractivity (Wildman–Crippen MR) is 141 cm³/mol. The molecule has 0 saturated heterocycles. The highest BCUT2D eigenvalue weighted by molar-refractivity contribution is 5.97. The van der Waals surface area contributed by atoms with Crippen molar-refractivity contribution in [1.29, 1.82) is 0 Å².